The van der Waals surface area contributed by atoms with E-state index in [4.69, 9.17) is 28.4 Å². The molecule has 0 aromatic heterocycles. The van der Waals surface area contributed by atoms with Crippen molar-refractivity contribution in [2.45, 2.75) is 37.7 Å². The fourth-order valence-corrected chi connectivity index (χ4v) is 5.46. The van der Waals surface area contributed by atoms with Crippen LogP contribution in [0.25, 0.3) is 0 Å². The second-order valence-corrected chi connectivity index (χ2v) is 11.8. The number of methoxy groups -OCH3 is 2. The maximum atomic E-state index is 5.93. The van der Waals surface area contributed by atoms with Gasteiger partial charge in [0.1, 0.15) is 43.2 Å². The van der Waals surface area contributed by atoms with Crippen molar-refractivity contribution < 1.29 is 28.4 Å². The standard InChI is InChI=1S/C38H44O6/c1-37(2,29-10-16-33(17-11-29)41-24-22-39-4)28-6-8-30(9-7-28)38(3,31-12-18-34(19-13-31)42-25-23-40-5)32-14-20-35(21-15-32)43-26-36-27-44-36/h6-21,36H,22-27H2,1-5H3. The number of epoxide rings is 1. The lowest BCUT2D eigenvalue weighted by Gasteiger charge is -2.33. The second-order valence-electron chi connectivity index (χ2n) is 11.8. The van der Waals surface area contributed by atoms with Crippen molar-refractivity contribution in [2.75, 3.05) is 53.9 Å². The highest BCUT2D eigenvalue weighted by atomic mass is 16.6. The van der Waals surface area contributed by atoms with Crippen molar-refractivity contribution in [3.05, 3.63) is 125 Å². The van der Waals surface area contributed by atoms with Gasteiger partial charge in [0.15, 0.2) is 0 Å². The molecule has 1 heterocycles. The van der Waals surface area contributed by atoms with E-state index in [1.165, 1.54) is 27.8 Å². The van der Waals surface area contributed by atoms with Crippen LogP contribution < -0.4 is 14.2 Å². The molecule has 4 aromatic carbocycles. The molecule has 6 heteroatoms. The molecule has 2 unspecified atom stereocenters. The van der Waals surface area contributed by atoms with Crippen molar-refractivity contribution in [3.63, 3.8) is 0 Å². The number of ether oxygens (including phenoxy) is 6. The lowest BCUT2D eigenvalue weighted by atomic mass is 9.70. The van der Waals surface area contributed by atoms with Gasteiger partial charge < -0.3 is 28.4 Å². The van der Waals surface area contributed by atoms with Crippen LogP contribution >= 0.6 is 0 Å². The summed E-state index contributed by atoms with van der Waals surface area (Å²) >= 11 is 0. The smallest absolute Gasteiger partial charge is 0.119 e. The van der Waals surface area contributed by atoms with Crippen LogP contribution in [0.2, 0.25) is 0 Å². The minimum Gasteiger partial charge on any atom is -0.491 e. The van der Waals surface area contributed by atoms with Crippen LogP contribution in [0.3, 0.4) is 0 Å². The molecule has 44 heavy (non-hydrogen) atoms. The second kappa shape index (κ2) is 14.3. The van der Waals surface area contributed by atoms with Crippen LogP contribution in [-0.2, 0) is 25.0 Å². The predicted octanol–water partition coefficient (Wildman–Crippen LogP) is 7.19. The third-order valence-electron chi connectivity index (χ3n) is 8.57. The monoisotopic (exact) mass is 596 g/mol. The van der Waals surface area contributed by atoms with Gasteiger partial charge in [0.25, 0.3) is 0 Å². The molecule has 1 aliphatic heterocycles. The molecule has 6 nitrogen and oxygen atoms in total. The van der Waals surface area contributed by atoms with Crippen molar-refractivity contribution in [1.29, 1.82) is 0 Å². The highest BCUT2D eigenvalue weighted by Gasteiger charge is 2.32. The molecule has 0 radical (unpaired) electrons. The average Bonchev–Trinajstić information content (AvgIpc) is 3.89. The van der Waals surface area contributed by atoms with Gasteiger partial charge in [0.2, 0.25) is 0 Å². The Hall–Kier alpha value is -3.84. The Morgan fingerprint density at radius 3 is 1.25 bits per heavy atom. The fourth-order valence-electron chi connectivity index (χ4n) is 5.46. The topological polar surface area (TPSA) is 58.7 Å². The van der Waals surface area contributed by atoms with Gasteiger partial charge in [-0.05, 0) is 71.1 Å². The molecule has 1 fully saturated rings. The molecule has 0 saturated carbocycles. The first-order valence-corrected chi connectivity index (χ1v) is 15.2. The van der Waals surface area contributed by atoms with Crippen LogP contribution in [0, 0.1) is 0 Å². The van der Waals surface area contributed by atoms with E-state index >= 15 is 0 Å². The van der Waals surface area contributed by atoms with Gasteiger partial charge in [0.05, 0.1) is 19.8 Å². The Morgan fingerprint density at radius 2 is 0.864 bits per heavy atom. The van der Waals surface area contributed by atoms with Crippen molar-refractivity contribution in [2.24, 2.45) is 0 Å². The molecule has 2 atom stereocenters. The first kappa shape index (κ1) is 31.6. The molecule has 0 amide bonds. The van der Waals surface area contributed by atoms with Crippen LogP contribution in [-0.4, -0.2) is 60.0 Å². The zero-order valence-electron chi connectivity index (χ0n) is 26.5. The van der Waals surface area contributed by atoms with Gasteiger partial charge in [-0.2, -0.15) is 0 Å². The van der Waals surface area contributed by atoms with Crippen LogP contribution in [0.1, 0.15) is 48.6 Å². The Bertz CT molecular complexity index is 1440. The third-order valence-corrected chi connectivity index (χ3v) is 8.57. The van der Waals surface area contributed by atoms with E-state index in [-0.39, 0.29) is 11.5 Å². The normalized spacial score (nSPS) is 15.8. The summed E-state index contributed by atoms with van der Waals surface area (Å²) in [7, 11) is 3.35. The quantitative estimate of drug-likeness (QED) is 0.0775. The molecule has 5 rings (SSSR count). The molecule has 1 aliphatic rings. The van der Waals surface area contributed by atoms with Crippen molar-refractivity contribution in [3.8, 4) is 17.2 Å². The van der Waals surface area contributed by atoms with Gasteiger partial charge in [-0.15, -0.1) is 0 Å². The maximum absolute atomic E-state index is 5.93. The fraction of sp³-hybridized carbons (Fsp3) is 0.368. The van der Waals surface area contributed by atoms with Gasteiger partial charge in [-0.25, -0.2) is 0 Å². The number of hydrogen-bond acceptors (Lipinski definition) is 6. The summed E-state index contributed by atoms with van der Waals surface area (Å²) in [5.41, 5.74) is 5.42. The van der Waals surface area contributed by atoms with Crippen LogP contribution in [0.15, 0.2) is 97.1 Å². The zero-order chi connectivity index (χ0) is 31.0. The molecular formula is C38H44O6. The molecule has 1 saturated heterocycles. The zero-order valence-corrected chi connectivity index (χ0v) is 26.5. The summed E-state index contributed by atoms with van der Waals surface area (Å²) in [6.07, 6.45) is 0.222. The molecular weight excluding hydrogens is 552 g/mol. The van der Waals surface area contributed by atoms with E-state index < -0.39 is 5.41 Å². The molecule has 0 spiro atoms. The lowest BCUT2D eigenvalue weighted by molar-refractivity contribution is 0.146. The summed E-state index contributed by atoms with van der Waals surface area (Å²) in [6, 6.07) is 34.2. The largest absolute Gasteiger partial charge is 0.491 e. The number of benzene rings is 4. The Kier molecular flexibility index (Phi) is 10.3. The third kappa shape index (κ3) is 7.44. The number of rotatable bonds is 16. The first-order chi connectivity index (χ1) is 21.3. The van der Waals surface area contributed by atoms with Gasteiger partial charge in [-0.3, -0.25) is 0 Å². The van der Waals surface area contributed by atoms with E-state index in [0.29, 0.717) is 33.0 Å². The summed E-state index contributed by atoms with van der Waals surface area (Å²) in [6.45, 7) is 10.3. The highest BCUT2D eigenvalue weighted by molar-refractivity contribution is 5.52. The summed E-state index contributed by atoms with van der Waals surface area (Å²) in [5, 5.41) is 0. The minimum absolute atomic E-state index is 0.189. The van der Waals surface area contributed by atoms with E-state index in [1.54, 1.807) is 14.2 Å². The van der Waals surface area contributed by atoms with E-state index in [2.05, 4.69) is 93.6 Å². The molecule has 0 aliphatic carbocycles. The SMILES string of the molecule is COCCOc1ccc(C(C)(C)c2ccc(C(C)(c3ccc(OCCOC)cc3)c3ccc(OCC4CO4)cc3)cc2)cc1. The Labute approximate surface area is 261 Å². The molecule has 0 bridgehead atoms. The average molecular weight is 597 g/mol. The first-order valence-electron chi connectivity index (χ1n) is 15.2. The highest BCUT2D eigenvalue weighted by Crippen LogP contribution is 2.41. The molecule has 232 valence electrons. The Balaban J connectivity index is 1.42. The van der Waals surface area contributed by atoms with Gasteiger partial charge in [0, 0.05) is 25.0 Å². The van der Waals surface area contributed by atoms with Crippen molar-refractivity contribution >= 4 is 0 Å². The van der Waals surface area contributed by atoms with E-state index in [9.17, 15) is 0 Å². The van der Waals surface area contributed by atoms with E-state index in [1.807, 2.05) is 24.3 Å². The minimum atomic E-state index is -0.410. The predicted molar refractivity (Wildman–Crippen MR) is 173 cm³/mol. The maximum Gasteiger partial charge on any atom is 0.119 e. The van der Waals surface area contributed by atoms with Gasteiger partial charge in [-0.1, -0.05) is 74.5 Å². The van der Waals surface area contributed by atoms with Crippen LogP contribution in [0.4, 0.5) is 0 Å². The molecule has 0 N–H and O–H groups in total. The summed E-state index contributed by atoms with van der Waals surface area (Å²) in [4.78, 5) is 0. The van der Waals surface area contributed by atoms with E-state index in [0.717, 1.165) is 23.9 Å². The van der Waals surface area contributed by atoms with Crippen molar-refractivity contribution in [1.82, 2.24) is 0 Å². The molecule has 4 aromatic rings. The van der Waals surface area contributed by atoms with Crippen LogP contribution in [0.5, 0.6) is 17.2 Å². The number of hydrogen-bond donors (Lipinski definition) is 0. The lowest BCUT2D eigenvalue weighted by Crippen LogP contribution is -2.26. The Morgan fingerprint density at radius 1 is 0.523 bits per heavy atom. The summed E-state index contributed by atoms with van der Waals surface area (Å²) < 4.78 is 33.1. The van der Waals surface area contributed by atoms with Gasteiger partial charge >= 0.3 is 0 Å². The summed E-state index contributed by atoms with van der Waals surface area (Å²) in [5.74, 6) is 2.52.